The molecule has 4 heteroatoms. The van der Waals surface area contributed by atoms with Gasteiger partial charge in [0.1, 0.15) is 0 Å². The number of rotatable bonds is 2. The van der Waals surface area contributed by atoms with Crippen LogP contribution in [0, 0.1) is 0 Å². The van der Waals surface area contributed by atoms with Gasteiger partial charge in [-0.2, -0.15) is 0 Å². The van der Waals surface area contributed by atoms with Crippen molar-refractivity contribution in [2.75, 3.05) is 0 Å². The highest BCUT2D eigenvalue weighted by Gasteiger charge is 2.25. The van der Waals surface area contributed by atoms with E-state index in [0.29, 0.717) is 5.76 Å². The number of nitrogens with zero attached hydrogens (tertiary/aromatic N) is 1. The number of aryl methyl sites for hydroxylation is 1. The number of nitrogens with two attached hydrogens (primary N) is 1. The molecule has 0 radical (unpaired) electrons. The third kappa shape index (κ3) is 1.46. The maximum absolute atomic E-state index is 11.6. The van der Waals surface area contributed by atoms with Crippen molar-refractivity contribution in [1.82, 2.24) is 5.16 Å². The zero-order chi connectivity index (χ0) is 10.1. The fraction of sp³-hybridized carbons (Fsp3) is 0.600. The van der Waals surface area contributed by atoms with Gasteiger partial charge in [0.25, 0.3) is 0 Å². The van der Waals surface area contributed by atoms with Crippen molar-refractivity contribution >= 4 is 5.78 Å². The molecule has 2 N–H and O–H groups in total. The smallest absolute Gasteiger partial charge is 0.217 e. The molecule has 1 atom stereocenters. The Labute approximate surface area is 82.4 Å². The average Bonchev–Trinajstić information content (AvgIpc) is 2.60. The first-order valence-electron chi connectivity index (χ1n) is 4.97. The van der Waals surface area contributed by atoms with Crippen LogP contribution in [0.3, 0.4) is 0 Å². The normalized spacial score (nSPS) is 17.6. The molecule has 0 saturated heterocycles. The summed E-state index contributed by atoms with van der Waals surface area (Å²) in [6.45, 7) is 1.67. The number of carbonyl (C=O) groups is 1. The SMILES string of the molecule is CC(N)C(=O)c1onc2c1CCCC2. The van der Waals surface area contributed by atoms with E-state index >= 15 is 0 Å². The number of aromatic nitrogens is 1. The second-order valence-electron chi connectivity index (χ2n) is 3.80. The summed E-state index contributed by atoms with van der Waals surface area (Å²) < 4.78 is 5.06. The van der Waals surface area contributed by atoms with Crippen LogP contribution in [-0.2, 0) is 12.8 Å². The summed E-state index contributed by atoms with van der Waals surface area (Å²) in [5.74, 6) is 0.246. The molecule has 1 aromatic heterocycles. The molecule has 0 aliphatic heterocycles. The zero-order valence-corrected chi connectivity index (χ0v) is 8.25. The number of hydrogen-bond donors (Lipinski definition) is 1. The van der Waals surface area contributed by atoms with Crippen molar-refractivity contribution in [1.29, 1.82) is 0 Å². The van der Waals surface area contributed by atoms with Crippen molar-refractivity contribution in [3.05, 3.63) is 17.0 Å². The van der Waals surface area contributed by atoms with Gasteiger partial charge >= 0.3 is 0 Å². The summed E-state index contributed by atoms with van der Waals surface area (Å²) in [5.41, 5.74) is 7.45. The Bertz CT molecular complexity index is 355. The van der Waals surface area contributed by atoms with Crippen LogP contribution in [0.25, 0.3) is 0 Å². The molecular weight excluding hydrogens is 180 g/mol. The van der Waals surface area contributed by atoms with E-state index in [1.54, 1.807) is 6.92 Å². The molecule has 0 amide bonds. The van der Waals surface area contributed by atoms with Crippen LogP contribution in [0.4, 0.5) is 0 Å². The van der Waals surface area contributed by atoms with Gasteiger partial charge in [-0.1, -0.05) is 5.16 Å². The minimum atomic E-state index is -0.506. The lowest BCUT2D eigenvalue weighted by Crippen LogP contribution is -2.27. The van der Waals surface area contributed by atoms with Crippen LogP contribution in [0.1, 0.15) is 41.6 Å². The first-order valence-corrected chi connectivity index (χ1v) is 4.97. The van der Waals surface area contributed by atoms with E-state index < -0.39 is 6.04 Å². The fourth-order valence-corrected chi connectivity index (χ4v) is 1.79. The van der Waals surface area contributed by atoms with Crippen LogP contribution >= 0.6 is 0 Å². The lowest BCUT2D eigenvalue weighted by atomic mass is 9.94. The van der Waals surface area contributed by atoms with Crippen molar-refractivity contribution in [2.45, 2.75) is 38.6 Å². The molecule has 0 saturated carbocycles. The molecule has 1 heterocycles. The van der Waals surface area contributed by atoms with Gasteiger partial charge in [-0.05, 0) is 32.6 Å². The Morgan fingerprint density at radius 2 is 2.21 bits per heavy atom. The Balaban J connectivity index is 2.35. The van der Waals surface area contributed by atoms with E-state index in [1.165, 1.54) is 0 Å². The van der Waals surface area contributed by atoms with Gasteiger partial charge in [0.15, 0.2) is 0 Å². The van der Waals surface area contributed by atoms with Gasteiger partial charge in [0.05, 0.1) is 11.7 Å². The zero-order valence-electron chi connectivity index (χ0n) is 8.25. The number of fused-ring (bicyclic) bond motifs is 1. The monoisotopic (exact) mass is 194 g/mol. The minimum absolute atomic E-state index is 0.138. The van der Waals surface area contributed by atoms with Gasteiger partial charge < -0.3 is 10.3 Å². The summed E-state index contributed by atoms with van der Waals surface area (Å²) in [7, 11) is 0. The maximum atomic E-state index is 11.6. The summed E-state index contributed by atoms with van der Waals surface area (Å²) in [4.78, 5) is 11.6. The molecule has 4 nitrogen and oxygen atoms in total. The molecule has 0 bridgehead atoms. The highest BCUT2D eigenvalue weighted by molar-refractivity contribution is 5.98. The lowest BCUT2D eigenvalue weighted by Gasteiger charge is -2.09. The summed E-state index contributed by atoms with van der Waals surface area (Å²) >= 11 is 0. The second kappa shape index (κ2) is 3.53. The first kappa shape index (κ1) is 9.40. The van der Waals surface area contributed by atoms with Crippen molar-refractivity contribution in [2.24, 2.45) is 5.73 Å². The van der Waals surface area contributed by atoms with Crippen molar-refractivity contribution in [3.8, 4) is 0 Å². The van der Waals surface area contributed by atoms with Gasteiger partial charge in [0.2, 0.25) is 11.5 Å². The third-order valence-corrected chi connectivity index (χ3v) is 2.60. The van der Waals surface area contributed by atoms with Gasteiger partial charge in [-0.15, -0.1) is 0 Å². The Hall–Kier alpha value is -1.16. The number of hydrogen-bond acceptors (Lipinski definition) is 4. The summed E-state index contributed by atoms with van der Waals surface area (Å²) in [5, 5.41) is 3.91. The molecule has 76 valence electrons. The number of carbonyl (C=O) groups excluding carboxylic acids is 1. The van der Waals surface area contributed by atoms with E-state index in [9.17, 15) is 4.79 Å². The Morgan fingerprint density at radius 1 is 1.50 bits per heavy atom. The highest BCUT2D eigenvalue weighted by atomic mass is 16.5. The molecule has 1 unspecified atom stereocenters. The quantitative estimate of drug-likeness (QED) is 0.715. The molecule has 14 heavy (non-hydrogen) atoms. The largest absolute Gasteiger partial charge is 0.352 e. The Morgan fingerprint density at radius 3 is 2.93 bits per heavy atom. The molecular formula is C10H14N2O2. The van der Waals surface area contributed by atoms with E-state index in [1.807, 2.05) is 0 Å². The minimum Gasteiger partial charge on any atom is -0.352 e. The average molecular weight is 194 g/mol. The molecule has 2 rings (SSSR count). The lowest BCUT2D eigenvalue weighted by molar-refractivity contribution is 0.0930. The van der Waals surface area contributed by atoms with E-state index in [-0.39, 0.29) is 5.78 Å². The van der Waals surface area contributed by atoms with Crippen LogP contribution in [0.5, 0.6) is 0 Å². The van der Waals surface area contributed by atoms with E-state index in [2.05, 4.69) is 5.16 Å². The number of ketones is 1. The summed E-state index contributed by atoms with van der Waals surface area (Å²) in [6.07, 6.45) is 4.05. The molecule has 1 aliphatic carbocycles. The van der Waals surface area contributed by atoms with Crippen molar-refractivity contribution < 1.29 is 9.32 Å². The van der Waals surface area contributed by atoms with Crippen LogP contribution in [0.2, 0.25) is 0 Å². The maximum Gasteiger partial charge on any atom is 0.217 e. The van der Waals surface area contributed by atoms with Crippen LogP contribution < -0.4 is 5.73 Å². The predicted octanol–water partition coefficient (Wildman–Crippen LogP) is 1.08. The fourth-order valence-electron chi connectivity index (χ4n) is 1.79. The molecule has 0 fully saturated rings. The van der Waals surface area contributed by atoms with Gasteiger partial charge in [-0.25, -0.2) is 0 Å². The van der Waals surface area contributed by atoms with E-state index in [4.69, 9.17) is 10.3 Å². The van der Waals surface area contributed by atoms with Gasteiger partial charge in [0, 0.05) is 5.56 Å². The highest BCUT2D eigenvalue weighted by Crippen LogP contribution is 2.24. The number of Topliss-reactive ketones (excluding diaryl/α,β-unsaturated/α-hetero) is 1. The van der Waals surface area contributed by atoms with Crippen LogP contribution in [-0.4, -0.2) is 17.0 Å². The summed E-state index contributed by atoms with van der Waals surface area (Å²) in [6, 6.07) is -0.506. The van der Waals surface area contributed by atoms with Crippen molar-refractivity contribution in [3.63, 3.8) is 0 Å². The van der Waals surface area contributed by atoms with E-state index in [0.717, 1.165) is 36.9 Å². The third-order valence-electron chi connectivity index (χ3n) is 2.60. The molecule has 1 aromatic rings. The predicted molar refractivity (Wildman–Crippen MR) is 51.1 cm³/mol. The molecule has 0 aromatic carbocycles. The standard InChI is InChI=1S/C10H14N2O2/c1-6(11)9(13)10-7-4-2-3-5-8(7)12-14-10/h6H,2-5,11H2,1H3. The Kier molecular flexibility index (Phi) is 2.37. The molecule has 1 aliphatic rings. The topological polar surface area (TPSA) is 69.1 Å². The molecule has 0 spiro atoms. The first-order chi connectivity index (χ1) is 6.70. The van der Waals surface area contributed by atoms with Gasteiger partial charge in [-0.3, -0.25) is 4.79 Å². The second-order valence-corrected chi connectivity index (χ2v) is 3.80. The van der Waals surface area contributed by atoms with Crippen LogP contribution in [0.15, 0.2) is 4.52 Å².